The highest BCUT2D eigenvalue weighted by molar-refractivity contribution is 5.41. The predicted octanol–water partition coefficient (Wildman–Crippen LogP) is 4.12. The molecule has 0 fully saturated rings. The molecule has 0 aliphatic heterocycles. The molecule has 0 unspecified atom stereocenters. The normalized spacial score (nSPS) is 12.3. The summed E-state index contributed by atoms with van der Waals surface area (Å²) >= 11 is 0. The SMILES string of the molecule is Cc1cccc(Oc2cccc(F)c2[C@@H](C)O)c1F. The fourth-order valence-corrected chi connectivity index (χ4v) is 1.83. The molecule has 0 spiro atoms. The van der Waals surface area contributed by atoms with Gasteiger partial charge in [0.2, 0.25) is 0 Å². The van der Waals surface area contributed by atoms with E-state index in [1.54, 1.807) is 19.1 Å². The standard InChI is InChI=1S/C15H14F2O2/c1-9-5-3-8-13(15(9)17)19-12-7-4-6-11(16)14(12)10(2)18/h3-8,10,18H,1-2H3/t10-/m1/s1. The van der Waals surface area contributed by atoms with E-state index < -0.39 is 17.7 Å². The Balaban J connectivity index is 2.44. The quantitative estimate of drug-likeness (QED) is 0.903. The van der Waals surface area contributed by atoms with Gasteiger partial charge in [-0.1, -0.05) is 18.2 Å². The summed E-state index contributed by atoms with van der Waals surface area (Å²) in [6, 6.07) is 8.89. The number of hydrogen-bond acceptors (Lipinski definition) is 2. The highest BCUT2D eigenvalue weighted by Gasteiger charge is 2.16. The molecule has 0 radical (unpaired) electrons. The number of ether oxygens (including phenoxy) is 1. The summed E-state index contributed by atoms with van der Waals surface area (Å²) in [5, 5.41) is 9.57. The number of halogens is 2. The fourth-order valence-electron chi connectivity index (χ4n) is 1.83. The topological polar surface area (TPSA) is 29.5 Å². The minimum Gasteiger partial charge on any atom is -0.454 e. The van der Waals surface area contributed by atoms with Gasteiger partial charge in [-0.2, -0.15) is 0 Å². The summed E-state index contributed by atoms with van der Waals surface area (Å²) in [5.74, 6) is -0.962. The summed E-state index contributed by atoms with van der Waals surface area (Å²) in [5.41, 5.74) is 0.455. The van der Waals surface area contributed by atoms with Crippen LogP contribution < -0.4 is 4.74 Å². The van der Waals surface area contributed by atoms with Crippen LogP contribution in [0.1, 0.15) is 24.2 Å². The number of hydrogen-bond donors (Lipinski definition) is 1. The zero-order valence-corrected chi connectivity index (χ0v) is 10.7. The molecule has 0 aliphatic rings. The maximum Gasteiger partial charge on any atom is 0.168 e. The fraction of sp³-hybridized carbons (Fsp3) is 0.200. The third kappa shape index (κ3) is 2.74. The van der Waals surface area contributed by atoms with E-state index in [4.69, 9.17) is 4.74 Å². The van der Waals surface area contributed by atoms with Crippen molar-refractivity contribution in [2.45, 2.75) is 20.0 Å². The molecule has 4 heteroatoms. The second-order valence-corrected chi connectivity index (χ2v) is 4.32. The maximum atomic E-state index is 13.8. The zero-order chi connectivity index (χ0) is 14.0. The van der Waals surface area contributed by atoms with Gasteiger partial charge in [-0.05, 0) is 37.6 Å². The van der Waals surface area contributed by atoms with Gasteiger partial charge < -0.3 is 9.84 Å². The Hall–Kier alpha value is -1.94. The Morgan fingerprint density at radius 3 is 2.37 bits per heavy atom. The summed E-state index contributed by atoms with van der Waals surface area (Å²) < 4.78 is 32.9. The Morgan fingerprint density at radius 2 is 1.68 bits per heavy atom. The number of aliphatic hydroxyl groups is 1. The van der Waals surface area contributed by atoms with Crippen molar-refractivity contribution in [3.63, 3.8) is 0 Å². The third-order valence-corrected chi connectivity index (χ3v) is 2.81. The molecule has 0 bridgehead atoms. The molecule has 0 amide bonds. The van der Waals surface area contributed by atoms with E-state index in [1.165, 1.54) is 31.2 Å². The Kier molecular flexibility index (Phi) is 3.81. The van der Waals surface area contributed by atoms with Crippen LogP contribution in [0.25, 0.3) is 0 Å². The van der Waals surface area contributed by atoms with E-state index in [0.29, 0.717) is 5.56 Å². The smallest absolute Gasteiger partial charge is 0.168 e. The van der Waals surface area contributed by atoms with Gasteiger partial charge in [-0.3, -0.25) is 0 Å². The van der Waals surface area contributed by atoms with E-state index in [-0.39, 0.29) is 17.1 Å². The van der Waals surface area contributed by atoms with Crippen LogP contribution >= 0.6 is 0 Å². The first-order chi connectivity index (χ1) is 9.00. The highest BCUT2D eigenvalue weighted by Crippen LogP contribution is 2.33. The van der Waals surface area contributed by atoms with Crippen molar-refractivity contribution in [3.05, 3.63) is 59.2 Å². The minimum atomic E-state index is -1.04. The molecule has 19 heavy (non-hydrogen) atoms. The van der Waals surface area contributed by atoms with E-state index in [0.717, 1.165) is 0 Å². The lowest BCUT2D eigenvalue weighted by atomic mass is 10.1. The molecule has 2 aromatic carbocycles. The second kappa shape index (κ2) is 5.36. The lowest BCUT2D eigenvalue weighted by Crippen LogP contribution is -2.01. The second-order valence-electron chi connectivity index (χ2n) is 4.32. The summed E-state index contributed by atoms with van der Waals surface area (Å²) in [7, 11) is 0. The number of aryl methyl sites for hydroxylation is 1. The van der Waals surface area contributed by atoms with Crippen LogP contribution in [0.15, 0.2) is 36.4 Å². The van der Waals surface area contributed by atoms with Crippen LogP contribution in [-0.4, -0.2) is 5.11 Å². The van der Waals surface area contributed by atoms with Crippen LogP contribution in [0, 0.1) is 18.6 Å². The first-order valence-electron chi connectivity index (χ1n) is 5.90. The van der Waals surface area contributed by atoms with Gasteiger partial charge in [-0.15, -0.1) is 0 Å². The first kappa shape index (κ1) is 13.5. The van der Waals surface area contributed by atoms with Crippen molar-refractivity contribution in [3.8, 4) is 11.5 Å². The third-order valence-electron chi connectivity index (χ3n) is 2.81. The monoisotopic (exact) mass is 264 g/mol. The maximum absolute atomic E-state index is 13.8. The average molecular weight is 264 g/mol. The molecular formula is C15H14F2O2. The van der Waals surface area contributed by atoms with Gasteiger partial charge in [0.25, 0.3) is 0 Å². The largest absolute Gasteiger partial charge is 0.454 e. The Morgan fingerprint density at radius 1 is 1.05 bits per heavy atom. The van der Waals surface area contributed by atoms with E-state index in [2.05, 4.69) is 0 Å². The molecule has 2 rings (SSSR count). The van der Waals surface area contributed by atoms with Crippen LogP contribution in [0.3, 0.4) is 0 Å². The molecule has 0 heterocycles. The van der Waals surface area contributed by atoms with Crippen LogP contribution in [-0.2, 0) is 0 Å². The number of aliphatic hydroxyl groups excluding tert-OH is 1. The molecule has 2 aromatic rings. The minimum absolute atomic E-state index is 0.00694. The predicted molar refractivity (Wildman–Crippen MR) is 68.2 cm³/mol. The van der Waals surface area contributed by atoms with E-state index in [9.17, 15) is 13.9 Å². The molecule has 2 nitrogen and oxygen atoms in total. The summed E-state index contributed by atoms with van der Waals surface area (Å²) in [4.78, 5) is 0. The lowest BCUT2D eigenvalue weighted by Gasteiger charge is -2.14. The van der Waals surface area contributed by atoms with Gasteiger partial charge in [0.15, 0.2) is 11.6 Å². The molecule has 0 saturated heterocycles. The summed E-state index contributed by atoms with van der Waals surface area (Å²) in [6.07, 6.45) is -1.04. The molecule has 0 saturated carbocycles. The van der Waals surface area contributed by atoms with Crippen molar-refractivity contribution in [1.82, 2.24) is 0 Å². The van der Waals surface area contributed by atoms with Gasteiger partial charge in [0.1, 0.15) is 11.6 Å². The average Bonchev–Trinajstić information content (AvgIpc) is 2.34. The molecule has 1 atom stereocenters. The van der Waals surface area contributed by atoms with Crippen LogP contribution in [0.4, 0.5) is 8.78 Å². The van der Waals surface area contributed by atoms with Crippen molar-refractivity contribution in [2.75, 3.05) is 0 Å². The van der Waals surface area contributed by atoms with Gasteiger partial charge >= 0.3 is 0 Å². The molecule has 0 aromatic heterocycles. The van der Waals surface area contributed by atoms with Gasteiger partial charge in [0.05, 0.1) is 11.7 Å². The van der Waals surface area contributed by atoms with Crippen LogP contribution in [0.5, 0.6) is 11.5 Å². The van der Waals surface area contributed by atoms with Crippen molar-refractivity contribution in [2.24, 2.45) is 0 Å². The van der Waals surface area contributed by atoms with E-state index in [1.807, 2.05) is 0 Å². The number of rotatable bonds is 3. The Labute approximate surface area is 110 Å². The van der Waals surface area contributed by atoms with Crippen molar-refractivity contribution in [1.29, 1.82) is 0 Å². The summed E-state index contributed by atoms with van der Waals surface area (Å²) in [6.45, 7) is 3.04. The number of benzene rings is 2. The molecule has 0 aliphatic carbocycles. The molecular weight excluding hydrogens is 250 g/mol. The Bertz CT molecular complexity index is 595. The first-order valence-corrected chi connectivity index (χ1v) is 5.90. The molecule has 100 valence electrons. The van der Waals surface area contributed by atoms with E-state index >= 15 is 0 Å². The van der Waals surface area contributed by atoms with Gasteiger partial charge in [-0.25, -0.2) is 8.78 Å². The lowest BCUT2D eigenvalue weighted by molar-refractivity contribution is 0.190. The van der Waals surface area contributed by atoms with Crippen LogP contribution in [0.2, 0.25) is 0 Å². The zero-order valence-electron chi connectivity index (χ0n) is 10.7. The van der Waals surface area contributed by atoms with Crippen molar-refractivity contribution >= 4 is 0 Å². The molecule has 1 N–H and O–H groups in total. The van der Waals surface area contributed by atoms with Gasteiger partial charge in [0, 0.05) is 0 Å². The van der Waals surface area contributed by atoms with Crippen molar-refractivity contribution < 1.29 is 18.6 Å². The highest BCUT2D eigenvalue weighted by atomic mass is 19.1.